The van der Waals surface area contributed by atoms with Crippen LogP contribution in [0.3, 0.4) is 0 Å². The summed E-state index contributed by atoms with van der Waals surface area (Å²) in [6.07, 6.45) is -2.28. The van der Waals surface area contributed by atoms with E-state index in [2.05, 4.69) is 19.9 Å². The summed E-state index contributed by atoms with van der Waals surface area (Å²) in [6, 6.07) is 16.6. The second kappa shape index (κ2) is 23.0. The van der Waals surface area contributed by atoms with Crippen molar-refractivity contribution in [2.24, 2.45) is 0 Å². The zero-order valence-electron chi connectivity index (χ0n) is 32.6. The van der Waals surface area contributed by atoms with Gasteiger partial charge >= 0.3 is 6.36 Å². The minimum Gasteiger partial charge on any atom is -0.473 e. The summed E-state index contributed by atoms with van der Waals surface area (Å²) in [5, 5.41) is 11.8. The van der Waals surface area contributed by atoms with Crippen LogP contribution in [0, 0.1) is 17.1 Å². The number of amides is 1. The molecule has 4 aromatic rings. The molecule has 0 saturated carbocycles. The lowest BCUT2D eigenvalue weighted by atomic mass is 9.93. The Hall–Kier alpha value is -4.70. The molecular weight excluding hydrogens is 764 g/mol. The summed E-state index contributed by atoms with van der Waals surface area (Å²) in [6.45, 7) is 6.98. The van der Waals surface area contributed by atoms with E-state index in [1.54, 1.807) is 28.8 Å². The Balaban J connectivity index is 1.11. The van der Waals surface area contributed by atoms with Crippen LogP contribution in [0.2, 0.25) is 0 Å². The third kappa shape index (κ3) is 14.3. The SMILES string of the molecule is CCCOCCOCCOCCOCCNC(=O)c1ccc2nc(CN3CCC(c4cccc(OCc5ccc(C#N)cc5F)n4)CC3)n(CCOC(F)(F)F)c2c1. The number of aromatic nitrogens is 3. The van der Waals surface area contributed by atoms with Gasteiger partial charge in [0.15, 0.2) is 0 Å². The fourth-order valence-electron chi connectivity index (χ4n) is 6.39. The minimum absolute atomic E-state index is 0.0348. The number of alkyl halides is 3. The number of carbonyl (C=O) groups excluding carboxylic acids is 1. The maximum atomic E-state index is 14.3. The number of nitriles is 1. The zero-order chi connectivity index (χ0) is 41.2. The molecule has 1 aliphatic rings. The quantitative estimate of drug-likeness (QED) is 0.0644. The molecule has 1 saturated heterocycles. The molecule has 1 aliphatic heterocycles. The van der Waals surface area contributed by atoms with Gasteiger partial charge in [0.2, 0.25) is 5.88 Å². The van der Waals surface area contributed by atoms with E-state index in [0.29, 0.717) is 93.1 Å². The molecule has 1 amide bonds. The van der Waals surface area contributed by atoms with Gasteiger partial charge in [0.1, 0.15) is 18.2 Å². The number of nitrogens with zero attached hydrogens (tertiary/aromatic N) is 5. The summed E-state index contributed by atoms with van der Waals surface area (Å²) in [5.74, 6) is 0.185. The van der Waals surface area contributed by atoms with E-state index in [1.165, 1.54) is 18.2 Å². The number of benzene rings is 2. The van der Waals surface area contributed by atoms with E-state index < -0.39 is 18.8 Å². The smallest absolute Gasteiger partial charge is 0.473 e. The van der Waals surface area contributed by atoms with Gasteiger partial charge in [-0.2, -0.15) is 5.26 Å². The lowest BCUT2D eigenvalue weighted by molar-refractivity contribution is -0.325. The normalized spacial score (nSPS) is 13.9. The molecule has 58 heavy (non-hydrogen) atoms. The lowest BCUT2D eigenvalue weighted by Crippen LogP contribution is -2.33. The predicted molar refractivity (Wildman–Crippen MR) is 205 cm³/mol. The Morgan fingerprint density at radius 3 is 2.28 bits per heavy atom. The summed E-state index contributed by atoms with van der Waals surface area (Å²) in [7, 11) is 0. The molecule has 314 valence electrons. The molecule has 0 spiro atoms. The van der Waals surface area contributed by atoms with Crippen molar-refractivity contribution in [3.05, 3.63) is 88.6 Å². The molecule has 1 N–H and O–H groups in total. The molecule has 2 aromatic carbocycles. The monoisotopic (exact) mass is 814 g/mol. The number of fused-ring (bicyclic) bond motifs is 1. The molecule has 0 unspecified atom stereocenters. The number of ether oxygens (including phenoxy) is 6. The lowest BCUT2D eigenvalue weighted by Gasteiger charge is -2.31. The molecule has 3 heterocycles. The van der Waals surface area contributed by atoms with E-state index in [9.17, 15) is 22.4 Å². The molecule has 13 nitrogen and oxygen atoms in total. The van der Waals surface area contributed by atoms with Crippen LogP contribution in [0.1, 0.15) is 65.1 Å². The highest BCUT2D eigenvalue weighted by molar-refractivity contribution is 5.97. The van der Waals surface area contributed by atoms with Crippen LogP contribution in [0.15, 0.2) is 54.6 Å². The molecule has 1 fully saturated rings. The van der Waals surface area contributed by atoms with E-state index >= 15 is 0 Å². The van der Waals surface area contributed by atoms with Crippen molar-refractivity contribution in [1.29, 1.82) is 5.26 Å². The van der Waals surface area contributed by atoms with E-state index in [0.717, 1.165) is 31.6 Å². The number of pyridine rings is 1. The number of rotatable bonds is 24. The van der Waals surface area contributed by atoms with Crippen LogP contribution in [-0.2, 0) is 43.4 Å². The van der Waals surface area contributed by atoms with Crippen molar-refractivity contribution in [3.8, 4) is 11.9 Å². The van der Waals surface area contributed by atoms with Crippen LogP contribution < -0.4 is 10.1 Å². The highest BCUT2D eigenvalue weighted by Gasteiger charge is 2.29. The summed E-state index contributed by atoms with van der Waals surface area (Å²) in [5.41, 5.74) is 2.80. The van der Waals surface area contributed by atoms with Gasteiger partial charge in [-0.1, -0.05) is 19.1 Å². The molecule has 0 bridgehead atoms. The molecule has 0 radical (unpaired) electrons. The number of piperidine rings is 1. The molecule has 2 aromatic heterocycles. The average molecular weight is 815 g/mol. The van der Waals surface area contributed by atoms with Gasteiger partial charge in [-0.25, -0.2) is 14.4 Å². The number of nitrogens with one attached hydrogen (secondary N) is 1. The van der Waals surface area contributed by atoms with Crippen molar-refractivity contribution in [3.63, 3.8) is 0 Å². The highest BCUT2D eigenvalue weighted by Crippen LogP contribution is 2.30. The number of hydrogen-bond acceptors (Lipinski definition) is 11. The summed E-state index contributed by atoms with van der Waals surface area (Å²) < 4.78 is 86.6. The van der Waals surface area contributed by atoms with Gasteiger partial charge in [0.25, 0.3) is 5.91 Å². The molecule has 17 heteroatoms. The largest absolute Gasteiger partial charge is 0.522 e. The Kier molecular flexibility index (Phi) is 17.6. The number of hydrogen-bond donors (Lipinski definition) is 1. The predicted octanol–water partition coefficient (Wildman–Crippen LogP) is 6.14. The maximum Gasteiger partial charge on any atom is 0.522 e. The Morgan fingerprint density at radius 2 is 1.60 bits per heavy atom. The Morgan fingerprint density at radius 1 is 0.897 bits per heavy atom. The number of carbonyl (C=O) groups is 1. The van der Waals surface area contributed by atoms with Crippen LogP contribution >= 0.6 is 0 Å². The highest BCUT2D eigenvalue weighted by atomic mass is 19.4. The first-order valence-electron chi connectivity index (χ1n) is 19.4. The van der Waals surface area contributed by atoms with Gasteiger partial charge in [0.05, 0.1) is 82.1 Å². The number of imidazole rings is 1. The first-order chi connectivity index (χ1) is 28.1. The van der Waals surface area contributed by atoms with E-state index in [4.69, 9.17) is 33.9 Å². The second-order valence-corrected chi connectivity index (χ2v) is 13.5. The first-order valence-corrected chi connectivity index (χ1v) is 19.4. The van der Waals surface area contributed by atoms with Crippen LogP contribution in [0.4, 0.5) is 17.6 Å². The molecular formula is C41H50F4N6O7. The molecule has 5 rings (SSSR count). The van der Waals surface area contributed by atoms with Crippen molar-refractivity contribution in [1.82, 2.24) is 24.8 Å². The van der Waals surface area contributed by atoms with Crippen LogP contribution in [0.25, 0.3) is 11.0 Å². The third-order valence-corrected chi connectivity index (χ3v) is 9.34. The Labute approximate surface area is 335 Å². The second-order valence-electron chi connectivity index (χ2n) is 13.5. The summed E-state index contributed by atoms with van der Waals surface area (Å²) in [4.78, 5) is 24.6. The van der Waals surface area contributed by atoms with Gasteiger partial charge < -0.3 is 33.6 Å². The molecule has 0 aliphatic carbocycles. The standard InChI is InChI=1S/C41H50F4N6O7/c1-2-16-53-19-21-55-23-24-56-22-20-54-17-12-47-40(52)32-8-9-36-37(26-32)51(15-18-58-41(43,44)45)38(48-36)28-50-13-10-31(11-14-50)35-4-3-5-39(49-35)57-29-33-7-6-30(27-46)25-34(33)42/h3-9,25-26,31H,2,10-24,28-29H2,1H3,(H,47,52). The third-order valence-electron chi connectivity index (χ3n) is 9.34. The van der Waals surface area contributed by atoms with Crippen molar-refractivity contribution >= 4 is 16.9 Å². The van der Waals surface area contributed by atoms with Gasteiger partial charge in [-0.3, -0.25) is 14.4 Å². The van der Waals surface area contributed by atoms with Gasteiger partial charge in [-0.05, 0) is 68.8 Å². The van der Waals surface area contributed by atoms with Crippen LogP contribution in [-0.4, -0.2) is 111 Å². The zero-order valence-corrected chi connectivity index (χ0v) is 32.6. The maximum absolute atomic E-state index is 14.3. The topological polar surface area (TPSA) is 142 Å². The molecule has 0 atom stereocenters. The minimum atomic E-state index is -4.79. The van der Waals surface area contributed by atoms with Crippen molar-refractivity contribution < 1.29 is 50.8 Å². The van der Waals surface area contributed by atoms with Crippen molar-refractivity contribution in [2.45, 2.75) is 58.2 Å². The fourth-order valence-corrected chi connectivity index (χ4v) is 6.39. The van der Waals surface area contributed by atoms with E-state index in [1.807, 2.05) is 25.1 Å². The van der Waals surface area contributed by atoms with Crippen LogP contribution in [0.5, 0.6) is 5.88 Å². The van der Waals surface area contributed by atoms with Crippen molar-refractivity contribution in [2.75, 3.05) is 79.1 Å². The van der Waals surface area contributed by atoms with E-state index in [-0.39, 0.29) is 43.7 Å². The number of likely N-dealkylation sites (tertiary alicyclic amines) is 1. The summed E-state index contributed by atoms with van der Waals surface area (Å²) >= 11 is 0. The number of halogens is 4. The van der Waals surface area contributed by atoms with Gasteiger partial charge in [0, 0.05) is 48.5 Å². The first kappa shape index (κ1) is 44.4. The fraction of sp³-hybridized carbons (Fsp3) is 0.512. The average Bonchev–Trinajstić information content (AvgIpc) is 3.55. The Bertz CT molecular complexity index is 1930. The van der Waals surface area contributed by atoms with Gasteiger partial charge in [-0.15, -0.1) is 13.2 Å².